The molecule has 3 rings (SSSR count). The lowest BCUT2D eigenvalue weighted by Crippen LogP contribution is -2.52. The van der Waals surface area contributed by atoms with Crippen LogP contribution in [0.5, 0.6) is 0 Å². The molecule has 1 aromatic rings. The number of carbonyl (C=O) groups is 2. The Balaban J connectivity index is 1.72. The summed E-state index contributed by atoms with van der Waals surface area (Å²) < 4.78 is 0. The maximum Gasteiger partial charge on any atom is 0.311 e. The Labute approximate surface area is 153 Å². The molecular formula is C19H25ClN2O3. The highest BCUT2D eigenvalue weighted by Gasteiger charge is 2.43. The second-order valence-electron chi connectivity index (χ2n) is 7.29. The molecule has 0 saturated carbocycles. The fourth-order valence-corrected chi connectivity index (χ4v) is 4.22. The van der Waals surface area contributed by atoms with Crippen LogP contribution in [0.4, 0.5) is 0 Å². The monoisotopic (exact) mass is 364 g/mol. The van der Waals surface area contributed by atoms with E-state index in [1.54, 1.807) is 11.0 Å². The van der Waals surface area contributed by atoms with E-state index in [1.165, 1.54) is 0 Å². The van der Waals surface area contributed by atoms with Crippen LogP contribution in [0.3, 0.4) is 0 Å². The second-order valence-corrected chi connectivity index (χ2v) is 7.73. The number of benzene rings is 1. The Hall–Kier alpha value is -1.59. The van der Waals surface area contributed by atoms with Crippen LogP contribution < -0.4 is 0 Å². The summed E-state index contributed by atoms with van der Waals surface area (Å²) in [5, 5.41) is 10.5. The lowest BCUT2D eigenvalue weighted by molar-refractivity contribution is -0.155. The van der Waals surface area contributed by atoms with E-state index in [4.69, 9.17) is 11.6 Å². The van der Waals surface area contributed by atoms with Crippen molar-refractivity contribution >= 4 is 23.5 Å². The van der Waals surface area contributed by atoms with Gasteiger partial charge in [0, 0.05) is 18.1 Å². The van der Waals surface area contributed by atoms with Crippen LogP contribution in [-0.2, 0) is 16.0 Å². The highest BCUT2D eigenvalue weighted by molar-refractivity contribution is 6.30. The first kappa shape index (κ1) is 18.2. The van der Waals surface area contributed by atoms with Gasteiger partial charge in [0.25, 0.3) is 0 Å². The molecule has 0 aliphatic carbocycles. The number of hydrogen-bond donors (Lipinski definition) is 1. The van der Waals surface area contributed by atoms with Crippen LogP contribution in [0.15, 0.2) is 24.3 Å². The van der Waals surface area contributed by atoms with Gasteiger partial charge in [-0.05, 0) is 62.9 Å². The molecule has 2 saturated heterocycles. The number of aliphatic carboxylic acids is 1. The molecular weight excluding hydrogens is 340 g/mol. The molecule has 0 radical (unpaired) electrons. The molecule has 2 fully saturated rings. The molecule has 1 atom stereocenters. The molecule has 136 valence electrons. The van der Waals surface area contributed by atoms with Gasteiger partial charge in [-0.1, -0.05) is 23.7 Å². The van der Waals surface area contributed by atoms with E-state index in [0.29, 0.717) is 31.0 Å². The Morgan fingerprint density at radius 3 is 2.60 bits per heavy atom. The fourth-order valence-electron chi connectivity index (χ4n) is 4.01. The number of likely N-dealkylation sites (tertiary alicyclic amines) is 2. The van der Waals surface area contributed by atoms with Crippen LogP contribution in [0.25, 0.3) is 0 Å². The van der Waals surface area contributed by atoms with E-state index in [0.717, 1.165) is 37.9 Å². The van der Waals surface area contributed by atoms with Gasteiger partial charge in [-0.2, -0.15) is 0 Å². The van der Waals surface area contributed by atoms with Crippen LogP contribution in [0.2, 0.25) is 5.02 Å². The standard InChI is InChI=1S/C19H25ClN2O3/c20-16-6-3-5-15(11-16)12-19(18(24)25)7-4-10-22(14-19)17(23)13-21-8-1-2-9-21/h3,5-6,11H,1-2,4,7-10,12-14H2,(H,24,25)/t19-/m0/s1. The van der Waals surface area contributed by atoms with E-state index in [9.17, 15) is 14.7 Å². The van der Waals surface area contributed by atoms with Gasteiger partial charge >= 0.3 is 5.97 Å². The third-order valence-electron chi connectivity index (χ3n) is 5.37. The molecule has 6 heteroatoms. The van der Waals surface area contributed by atoms with E-state index in [2.05, 4.69) is 4.90 Å². The zero-order chi connectivity index (χ0) is 17.9. The number of carboxylic acid groups (broad SMARTS) is 1. The third kappa shape index (κ3) is 4.33. The van der Waals surface area contributed by atoms with Gasteiger partial charge in [-0.25, -0.2) is 0 Å². The quantitative estimate of drug-likeness (QED) is 0.872. The first-order valence-corrected chi connectivity index (χ1v) is 9.34. The summed E-state index contributed by atoms with van der Waals surface area (Å²) in [7, 11) is 0. The topological polar surface area (TPSA) is 60.9 Å². The molecule has 0 unspecified atom stereocenters. The van der Waals surface area contributed by atoms with Crippen molar-refractivity contribution < 1.29 is 14.7 Å². The first-order valence-electron chi connectivity index (χ1n) is 8.96. The van der Waals surface area contributed by atoms with Crippen molar-refractivity contribution in [3.63, 3.8) is 0 Å². The molecule has 0 spiro atoms. The maximum absolute atomic E-state index is 12.6. The van der Waals surface area contributed by atoms with Crippen LogP contribution >= 0.6 is 11.6 Å². The number of carboxylic acids is 1. The summed E-state index contributed by atoms with van der Waals surface area (Å²) in [6.45, 7) is 3.27. The molecule has 1 aromatic carbocycles. The number of carbonyl (C=O) groups excluding carboxylic acids is 1. The Morgan fingerprint density at radius 2 is 1.92 bits per heavy atom. The fraction of sp³-hybridized carbons (Fsp3) is 0.579. The average Bonchev–Trinajstić information content (AvgIpc) is 3.08. The van der Waals surface area contributed by atoms with Gasteiger partial charge in [0.05, 0.1) is 12.0 Å². The minimum atomic E-state index is -0.927. The molecule has 25 heavy (non-hydrogen) atoms. The molecule has 0 aromatic heterocycles. The summed E-state index contributed by atoms with van der Waals surface area (Å²) in [5.74, 6) is -0.774. The first-order chi connectivity index (χ1) is 12.0. The summed E-state index contributed by atoms with van der Waals surface area (Å²) >= 11 is 6.04. The normalized spacial score (nSPS) is 24.4. The van der Waals surface area contributed by atoms with Crippen molar-refractivity contribution in [1.29, 1.82) is 0 Å². The predicted molar refractivity (Wildman–Crippen MR) is 96.7 cm³/mol. The smallest absolute Gasteiger partial charge is 0.311 e. The van der Waals surface area contributed by atoms with Crippen LogP contribution in [0, 0.1) is 5.41 Å². The van der Waals surface area contributed by atoms with E-state index in [-0.39, 0.29) is 12.5 Å². The van der Waals surface area contributed by atoms with Crippen molar-refractivity contribution in [3.05, 3.63) is 34.9 Å². The Morgan fingerprint density at radius 1 is 1.16 bits per heavy atom. The SMILES string of the molecule is O=C(CN1CCCC1)N1CCC[C@@](Cc2cccc(Cl)c2)(C(=O)O)C1. The van der Waals surface area contributed by atoms with Gasteiger partial charge in [0.15, 0.2) is 0 Å². The zero-order valence-electron chi connectivity index (χ0n) is 14.4. The summed E-state index contributed by atoms with van der Waals surface area (Å²) in [5.41, 5.74) is -0.0207. The summed E-state index contributed by atoms with van der Waals surface area (Å²) in [6, 6.07) is 7.34. The van der Waals surface area contributed by atoms with Crippen molar-refractivity contribution in [2.45, 2.75) is 32.1 Å². The lowest BCUT2D eigenvalue weighted by Gasteiger charge is -2.40. The number of hydrogen-bond acceptors (Lipinski definition) is 3. The molecule has 5 nitrogen and oxygen atoms in total. The van der Waals surface area contributed by atoms with Crippen LogP contribution in [0.1, 0.15) is 31.2 Å². The molecule has 1 N–H and O–H groups in total. The van der Waals surface area contributed by atoms with Gasteiger partial charge in [0.2, 0.25) is 5.91 Å². The van der Waals surface area contributed by atoms with Crippen LogP contribution in [-0.4, -0.2) is 59.5 Å². The predicted octanol–water partition coefficient (Wildman–Crippen LogP) is 2.67. The zero-order valence-corrected chi connectivity index (χ0v) is 15.2. The van der Waals surface area contributed by atoms with E-state index >= 15 is 0 Å². The number of halogens is 1. The highest BCUT2D eigenvalue weighted by atomic mass is 35.5. The second kappa shape index (κ2) is 7.75. The molecule has 2 aliphatic heterocycles. The van der Waals surface area contributed by atoms with E-state index < -0.39 is 11.4 Å². The Bertz CT molecular complexity index is 645. The molecule has 1 amide bonds. The third-order valence-corrected chi connectivity index (χ3v) is 5.61. The number of rotatable bonds is 5. The minimum absolute atomic E-state index is 0.0540. The van der Waals surface area contributed by atoms with Gasteiger partial charge in [0.1, 0.15) is 0 Å². The van der Waals surface area contributed by atoms with Crippen molar-refractivity contribution in [3.8, 4) is 0 Å². The summed E-state index contributed by atoms with van der Waals surface area (Å²) in [6.07, 6.45) is 3.99. The van der Waals surface area contributed by atoms with Crippen molar-refractivity contribution in [1.82, 2.24) is 9.80 Å². The maximum atomic E-state index is 12.6. The molecule has 2 heterocycles. The number of amides is 1. The van der Waals surface area contributed by atoms with E-state index in [1.807, 2.05) is 18.2 Å². The highest BCUT2D eigenvalue weighted by Crippen LogP contribution is 2.35. The lowest BCUT2D eigenvalue weighted by atomic mass is 9.75. The Kier molecular flexibility index (Phi) is 5.64. The average molecular weight is 365 g/mol. The van der Waals surface area contributed by atoms with Crippen molar-refractivity contribution in [2.24, 2.45) is 5.41 Å². The molecule has 2 aliphatic rings. The minimum Gasteiger partial charge on any atom is -0.481 e. The van der Waals surface area contributed by atoms with Crippen molar-refractivity contribution in [2.75, 3.05) is 32.7 Å². The number of piperidine rings is 1. The van der Waals surface area contributed by atoms with Gasteiger partial charge in [-0.15, -0.1) is 0 Å². The van der Waals surface area contributed by atoms with Gasteiger partial charge in [-0.3, -0.25) is 14.5 Å². The van der Waals surface area contributed by atoms with Gasteiger partial charge < -0.3 is 10.0 Å². The summed E-state index contributed by atoms with van der Waals surface area (Å²) in [4.78, 5) is 28.7. The number of nitrogens with zero attached hydrogens (tertiary/aromatic N) is 2. The molecule has 0 bridgehead atoms. The largest absolute Gasteiger partial charge is 0.481 e.